The molecule has 1 aliphatic heterocycles. The van der Waals surface area contributed by atoms with E-state index in [1.807, 2.05) is 13.8 Å². The molecule has 0 atom stereocenters. The summed E-state index contributed by atoms with van der Waals surface area (Å²) in [6, 6.07) is 3.44. The first-order chi connectivity index (χ1) is 9.65. The van der Waals surface area contributed by atoms with Crippen molar-refractivity contribution in [3.8, 4) is 11.5 Å². The van der Waals surface area contributed by atoms with Gasteiger partial charge in [-0.2, -0.15) is 0 Å². The van der Waals surface area contributed by atoms with E-state index in [2.05, 4.69) is 5.32 Å². The van der Waals surface area contributed by atoms with Crippen molar-refractivity contribution in [1.29, 1.82) is 0 Å². The Morgan fingerprint density at radius 2 is 1.85 bits per heavy atom. The molecule has 5 heteroatoms. The molecular weight excluding hydrogens is 278 g/mol. The second kappa shape index (κ2) is 6.84. The summed E-state index contributed by atoms with van der Waals surface area (Å²) in [7, 11) is 0. The standard InChI is InChI=1S/C15H20ClNO3/c1-3-10(4-2)15(18)17-12-9-14-13(8-11(12)16)19-6-5-7-20-14/h8-10H,3-7H2,1-2H3,(H,17,18). The number of amides is 1. The zero-order chi connectivity index (χ0) is 14.5. The maximum atomic E-state index is 12.1. The third kappa shape index (κ3) is 3.37. The van der Waals surface area contributed by atoms with Crippen LogP contribution in [-0.2, 0) is 4.79 Å². The van der Waals surface area contributed by atoms with E-state index in [0.717, 1.165) is 19.3 Å². The Morgan fingerprint density at radius 1 is 1.25 bits per heavy atom. The van der Waals surface area contributed by atoms with Crippen LogP contribution in [0.5, 0.6) is 11.5 Å². The summed E-state index contributed by atoms with van der Waals surface area (Å²) in [5.74, 6) is 1.26. The molecular formula is C15H20ClNO3. The third-order valence-corrected chi connectivity index (χ3v) is 3.76. The van der Waals surface area contributed by atoms with Crippen molar-refractivity contribution in [3.05, 3.63) is 17.2 Å². The summed E-state index contributed by atoms with van der Waals surface area (Å²) in [5, 5.41) is 3.34. The molecule has 0 spiro atoms. The molecule has 2 rings (SSSR count). The summed E-state index contributed by atoms with van der Waals surface area (Å²) >= 11 is 6.20. The van der Waals surface area contributed by atoms with Gasteiger partial charge in [-0.25, -0.2) is 0 Å². The minimum atomic E-state index is -0.00797. The van der Waals surface area contributed by atoms with Gasteiger partial charge in [-0.15, -0.1) is 0 Å². The fourth-order valence-corrected chi connectivity index (χ4v) is 2.37. The van der Waals surface area contributed by atoms with Crippen LogP contribution >= 0.6 is 11.6 Å². The van der Waals surface area contributed by atoms with Crippen molar-refractivity contribution >= 4 is 23.2 Å². The average Bonchev–Trinajstić information content (AvgIpc) is 2.65. The van der Waals surface area contributed by atoms with E-state index in [1.165, 1.54) is 0 Å². The summed E-state index contributed by atoms with van der Waals surface area (Å²) in [6.07, 6.45) is 2.46. The quantitative estimate of drug-likeness (QED) is 0.917. The maximum absolute atomic E-state index is 12.1. The minimum Gasteiger partial charge on any atom is -0.490 e. The Morgan fingerprint density at radius 3 is 2.45 bits per heavy atom. The highest BCUT2D eigenvalue weighted by atomic mass is 35.5. The van der Waals surface area contributed by atoms with E-state index in [-0.39, 0.29) is 11.8 Å². The van der Waals surface area contributed by atoms with Crippen molar-refractivity contribution in [2.75, 3.05) is 18.5 Å². The molecule has 0 saturated carbocycles. The van der Waals surface area contributed by atoms with E-state index in [9.17, 15) is 4.79 Å². The van der Waals surface area contributed by atoms with E-state index in [1.54, 1.807) is 12.1 Å². The fraction of sp³-hybridized carbons (Fsp3) is 0.533. The van der Waals surface area contributed by atoms with Crippen molar-refractivity contribution < 1.29 is 14.3 Å². The predicted octanol–water partition coefficient (Wildman–Crippen LogP) is 3.88. The van der Waals surface area contributed by atoms with Crippen LogP contribution in [0.1, 0.15) is 33.1 Å². The summed E-state index contributed by atoms with van der Waals surface area (Å²) < 4.78 is 11.2. The first-order valence-corrected chi connectivity index (χ1v) is 7.43. The van der Waals surface area contributed by atoms with Crippen LogP contribution in [0.4, 0.5) is 5.69 Å². The smallest absolute Gasteiger partial charge is 0.227 e. The number of benzene rings is 1. The van der Waals surface area contributed by atoms with Gasteiger partial charge in [0.1, 0.15) is 0 Å². The summed E-state index contributed by atoms with van der Waals surface area (Å²) in [4.78, 5) is 12.1. The Hall–Kier alpha value is -1.42. The van der Waals surface area contributed by atoms with Crippen molar-refractivity contribution in [1.82, 2.24) is 0 Å². The van der Waals surface area contributed by atoms with Gasteiger partial charge in [-0.3, -0.25) is 4.79 Å². The molecule has 1 heterocycles. The van der Waals surface area contributed by atoms with Crippen LogP contribution in [-0.4, -0.2) is 19.1 Å². The molecule has 0 fully saturated rings. The number of carbonyl (C=O) groups excluding carboxylic acids is 1. The van der Waals surface area contributed by atoms with Crippen molar-refractivity contribution in [2.24, 2.45) is 5.92 Å². The average molecular weight is 298 g/mol. The molecule has 1 aliphatic rings. The highest BCUT2D eigenvalue weighted by Gasteiger charge is 2.18. The van der Waals surface area contributed by atoms with Gasteiger partial charge < -0.3 is 14.8 Å². The molecule has 1 amide bonds. The third-order valence-electron chi connectivity index (χ3n) is 3.45. The first-order valence-electron chi connectivity index (χ1n) is 7.05. The normalized spacial score (nSPS) is 14.0. The number of fused-ring (bicyclic) bond motifs is 1. The van der Waals surface area contributed by atoms with E-state index in [0.29, 0.717) is 35.4 Å². The second-order valence-corrected chi connectivity index (χ2v) is 5.24. The zero-order valence-electron chi connectivity index (χ0n) is 11.9. The lowest BCUT2D eigenvalue weighted by Crippen LogP contribution is -2.21. The number of anilines is 1. The molecule has 1 aromatic carbocycles. The molecule has 0 aromatic heterocycles. The van der Waals surface area contributed by atoms with Crippen LogP contribution in [0, 0.1) is 5.92 Å². The number of ether oxygens (including phenoxy) is 2. The molecule has 110 valence electrons. The van der Waals surface area contributed by atoms with Gasteiger partial charge >= 0.3 is 0 Å². The lowest BCUT2D eigenvalue weighted by Gasteiger charge is -2.15. The molecule has 1 aromatic rings. The number of rotatable bonds is 4. The number of nitrogens with one attached hydrogen (secondary N) is 1. The van der Waals surface area contributed by atoms with Crippen LogP contribution < -0.4 is 14.8 Å². The number of hydrogen-bond donors (Lipinski definition) is 1. The van der Waals surface area contributed by atoms with Crippen LogP contribution in [0.3, 0.4) is 0 Å². The topological polar surface area (TPSA) is 47.6 Å². The highest BCUT2D eigenvalue weighted by Crippen LogP contribution is 2.37. The summed E-state index contributed by atoms with van der Waals surface area (Å²) in [5.41, 5.74) is 0.577. The van der Waals surface area contributed by atoms with Gasteiger partial charge in [0.25, 0.3) is 0 Å². The summed E-state index contributed by atoms with van der Waals surface area (Å²) in [6.45, 7) is 5.23. The van der Waals surface area contributed by atoms with Gasteiger partial charge in [0.2, 0.25) is 5.91 Å². The molecule has 0 saturated heterocycles. The van der Waals surface area contributed by atoms with Gasteiger partial charge in [0, 0.05) is 24.5 Å². The molecule has 20 heavy (non-hydrogen) atoms. The SMILES string of the molecule is CCC(CC)C(=O)Nc1cc2c(cc1Cl)OCCCO2. The van der Waals surface area contributed by atoms with Gasteiger partial charge in [0.05, 0.1) is 23.9 Å². The molecule has 0 radical (unpaired) electrons. The Bertz CT molecular complexity index is 486. The van der Waals surface area contributed by atoms with Crippen LogP contribution in [0.25, 0.3) is 0 Å². The Labute approximate surface area is 124 Å². The maximum Gasteiger partial charge on any atom is 0.227 e. The van der Waals surface area contributed by atoms with Crippen LogP contribution in [0.15, 0.2) is 12.1 Å². The Balaban J connectivity index is 2.20. The number of halogens is 1. The van der Waals surface area contributed by atoms with Gasteiger partial charge in [0.15, 0.2) is 11.5 Å². The molecule has 0 aliphatic carbocycles. The van der Waals surface area contributed by atoms with Crippen molar-refractivity contribution in [3.63, 3.8) is 0 Å². The molecule has 0 bridgehead atoms. The number of carbonyl (C=O) groups is 1. The predicted molar refractivity (Wildman–Crippen MR) is 79.8 cm³/mol. The van der Waals surface area contributed by atoms with Crippen molar-refractivity contribution in [2.45, 2.75) is 33.1 Å². The largest absolute Gasteiger partial charge is 0.490 e. The van der Waals surface area contributed by atoms with E-state index >= 15 is 0 Å². The van der Waals surface area contributed by atoms with Gasteiger partial charge in [-0.05, 0) is 12.8 Å². The first kappa shape index (κ1) is 15.0. The highest BCUT2D eigenvalue weighted by molar-refractivity contribution is 6.34. The molecule has 0 unspecified atom stereocenters. The second-order valence-electron chi connectivity index (χ2n) is 4.83. The minimum absolute atomic E-state index is 0.00189. The molecule has 4 nitrogen and oxygen atoms in total. The number of hydrogen-bond acceptors (Lipinski definition) is 3. The lowest BCUT2D eigenvalue weighted by atomic mass is 10.0. The van der Waals surface area contributed by atoms with E-state index in [4.69, 9.17) is 21.1 Å². The Kier molecular flexibility index (Phi) is 5.12. The van der Waals surface area contributed by atoms with E-state index < -0.39 is 0 Å². The fourth-order valence-electron chi connectivity index (χ4n) is 2.17. The lowest BCUT2D eigenvalue weighted by molar-refractivity contribution is -0.120. The zero-order valence-corrected chi connectivity index (χ0v) is 12.6. The molecule has 1 N–H and O–H groups in total. The van der Waals surface area contributed by atoms with Crippen LogP contribution in [0.2, 0.25) is 5.02 Å². The van der Waals surface area contributed by atoms with Gasteiger partial charge in [-0.1, -0.05) is 25.4 Å². The monoisotopic (exact) mass is 297 g/mol.